The molecule has 0 spiro atoms. The summed E-state index contributed by atoms with van der Waals surface area (Å²) in [6.45, 7) is 0. The van der Waals surface area contributed by atoms with Gasteiger partial charge in [-0.1, -0.05) is 11.6 Å². The first kappa shape index (κ1) is 30.3. The summed E-state index contributed by atoms with van der Waals surface area (Å²) in [7, 11) is 1.22. The van der Waals surface area contributed by atoms with Gasteiger partial charge in [0.05, 0.1) is 28.9 Å². The molecule has 0 fully saturated rings. The number of halogens is 6. The molecule has 0 saturated heterocycles. The van der Waals surface area contributed by atoms with E-state index in [2.05, 4.69) is 35.6 Å². The zero-order valence-electron chi connectivity index (χ0n) is 19.1. The smallest absolute Gasteiger partial charge is 0.416 e. The van der Waals surface area contributed by atoms with Crippen LogP contribution in [0, 0.1) is 0 Å². The van der Waals surface area contributed by atoms with Crippen LogP contribution in [0.5, 0.6) is 11.6 Å². The van der Waals surface area contributed by atoms with E-state index in [9.17, 15) is 22.8 Å². The molecule has 3 amide bonds. The summed E-state index contributed by atoms with van der Waals surface area (Å²) in [6, 6.07) is 11.2. The van der Waals surface area contributed by atoms with Crippen LogP contribution in [0.25, 0.3) is 11.2 Å². The van der Waals surface area contributed by atoms with Crippen molar-refractivity contribution in [2.24, 2.45) is 0 Å². The number of nitrogens with one attached hydrogen (secondary N) is 4. The Bertz CT molecular complexity index is 1430. The molecule has 0 radical (unpaired) electrons. The number of H-pyrrole nitrogens is 1. The fraction of sp³-hybridized carbons (Fsp3) is 0.0909. The second kappa shape index (κ2) is 12.5. The monoisotopic (exact) mass is 592 g/mol. The van der Waals surface area contributed by atoms with Crippen LogP contribution < -0.4 is 20.7 Å². The largest absolute Gasteiger partial charge is 0.453 e. The minimum Gasteiger partial charge on any atom is -0.453 e. The van der Waals surface area contributed by atoms with E-state index in [0.29, 0.717) is 22.6 Å². The molecule has 0 atom stereocenters. The van der Waals surface area contributed by atoms with E-state index < -0.39 is 23.9 Å². The summed E-state index contributed by atoms with van der Waals surface area (Å²) in [6.07, 6.45) is -5.27. The third kappa shape index (κ3) is 7.54. The van der Waals surface area contributed by atoms with Gasteiger partial charge in [0.15, 0.2) is 5.65 Å². The van der Waals surface area contributed by atoms with Crippen molar-refractivity contribution in [2.75, 3.05) is 23.1 Å². The van der Waals surface area contributed by atoms with E-state index in [0.717, 1.165) is 18.2 Å². The first-order valence-electron chi connectivity index (χ1n) is 10.0. The average Bonchev–Trinajstić information content (AvgIpc) is 3.22. The normalized spacial score (nSPS) is 10.6. The van der Waals surface area contributed by atoms with Crippen molar-refractivity contribution in [3.63, 3.8) is 0 Å². The maximum Gasteiger partial charge on any atom is 0.416 e. The number of anilines is 3. The summed E-state index contributed by atoms with van der Waals surface area (Å²) in [5.41, 5.74) is 0.0644. The molecule has 202 valence electrons. The van der Waals surface area contributed by atoms with Gasteiger partial charge >= 0.3 is 18.3 Å². The number of rotatable bonds is 5. The second-order valence-corrected chi connectivity index (χ2v) is 7.53. The Labute approximate surface area is 230 Å². The van der Waals surface area contributed by atoms with Crippen LogP contribution in [0.1, 0.15) is 5.56 Å². The van der Waals surface area contributed by atoms with E-state index in [1.54, 1.807) is 24.3 Å². The SMILES string of the molecule is COC(=O)Nc1nc2nc(Oc3ccc(NC(=O)Nc4cc(C(F)(F)F)ccc4Cl)cc3)ccc2[nH]1.Cl.Cl. The summed E-state index contributed by atoms with van der Waals surface area (Å²) < 4.78 is 48.9. The first-order valence-corrected chi connectivity index (χ1v) is 10.4. The van der Waals surface area contributed by atoms with Crippen molar-refractivity contribution in [1.29, 1.82) is 0 Å². The van der Waals surface area contributed by atoms with E-state index in [4.69, 9.17) is 16.3 Å². The highest BCUT2D eigenvalue weighted by molar-refractivity contribution is 6.33. The van der Waals surface area contributed by atoms with Crippen LogP contribution in [0.2, 0.25) is 5.02 Å². The van der Waals surface area contributed by atoms with Gasteiger partial charge in [0.2, 0.25) is 11.8 Å². The van der Waals surface area contributed by atoms with Crippen molar-refractivity contribution >= 4 is 77.0 Å². The lowest BCUT2D eigenvalue weighted by atomic mass is 10.2. The molecule has 2 heterocycles. The van der Waals surface area contributed by atoms with Crippen LogP contribution in [-0.2, 0) is 10.9 Å². The highest BCUT2D eigenvalue weighted by Crippen LogP contribution is 2.34. The number of aromatic amines is 1. The second-order valence-electron chi connectivity index (χ2n) is 7.12. The predicted octanol–water partition coefficient (Wildman–Crippen LogP) is 7.09. The Morgan fingerprint density at radius 1 is 0.947 bits per heavy atom. The molecule has 16 heteroatoms. The first-order chi connectivity index (χ1) is 17.1. The number of hydrogen-bond donors (Lipinski definition) is 4. The number of carbonyl (C=O) groups excluding carboxylic acids is 2. The number of aromatic nitrogens is 3. The van der Waals surface area contributed by atoms with Crippen LogP contribution in [0.4, 0.5) is 40.1 Å². The van der Waals surface area contributed by atoms with Crippen molar-refractivity contribution in [1.82, 2.24) is 15.0 Å². The van der Waals surface area contributed by atoms with Crippen molar-refractivity contribution in [3.05, 3.63) is 65.2 Å². The summed E-state index contributed by atoms with van der Waals surface area (Å²) in [5.74, 6) is 0.759. The van der Waals surface area contributed by atoms with Gasteiger partial charge in [0.25, 0.3) is 0 Å². The molecule has 0 saturated carbocycles. The van der Waals surface area contributed by atoms with Crippen LogP contribution in [-0.4, -0.2) is 34.2 Å². The average molecular weight is 594 g/mol. The third-order valence-electron chi connectivity index (χ3n) is 4.60. The highest BCUT2D eigenvalue weighted by atomic mass is 35.5. The fourth-order valence-electron chi connectivity index (χ4n) is 2.95. The van der Waals surface area contributed by atoms with Crippen molar-refractivity contribution < 1.29 is 32.2 Å². The van der Waals surface area contributed by atoms with Gasteiger partial charge in [0.1, 0.15) is 5.75 Å². The highest BCUT2D eigenvalue weighted by Gasteiger charge is 2.31. The van der Waals surface area contributed by atoms with Gasteiger partial charge in [-0.2, -0.15) is 23.1 Å². The molecule has 10 nitrogen and oxygen atoms in total. The topological polar surface area (TPSA) is 130 Å². The van der Waals surface area contributed by atoms with Crippen LogP contribution in [0.3, 0.4) is 0 Å². The van der Waals surface area contributed by atoms with Crippen molar-refractivity contribution in [3.8, 4) is 11.6 Å². The molecule has 38 heavy (non-hydrogen) atoms. The number of benzene rings is 2. The maximum absolute atomic E-state index is 12.9. The minimum absolute atomic E-state index is 0. The van der Waals surface area contributed by atoms with Gasteiger partial charge < -0.3 is 25.1 Å². The fourth-order valence-corrected chi connectivity index (χ4v) is 3.11. The van der Waals surface area contributed by atoms with Gasteiger partial charge in [-0.3, -0.25) is 5.32 Å². The van der Waals surface area contributed by atoms with Crippen molar-refractivity contribution in [2.45, 2.75) is 6.18 Å². The molecule has 0 aliphatic heterocycles. The van der Waals surface area contributed by atoms with Gasteiger partial charge in [-0.15, -0.1) is 24.8 Å². The molecular weight excluding hydrogens is 576 g/mol. The third-order valence-corrected chi connectivity index (χ3v) is 4.93. The molecular formula is C22H18Cl3F3N6O4. The number of imidazole rings is 1. The van der Waals surface area contributed by atoms with E-state index in [1.807, 2.05) is 0 Å². The van der Waals surface area contributed by atoms with E-state index in [1.165, 1.54) is 19.2 Å². The molecule has 0 unspecified atom stereocenters. The number of methoxy groups -OCH3 is 1. The standard InChI is InChI=1S/C22H16ClF3N6O4.2ClH/c1-35-21(34)32-19-28-15-8-9-17(30-18(15)31-19)36-13-5-3-12(4-6-13)27-20(33)29-16-10-11(22(24,25)26)2-7-14(16)23;;/h2-10H,1H3,(H2,27,29,33)(H2,28,30,31,32,34);2*1H. The van der Waals surface area contributed by atoms with Crippen LogP contribution in [0.15, 0.2) is 54.6 Å². The lowest BCUT2D eigenvalue weighted by Gasteiger charge is -2.12. The number of pyridine rings is 1. The molecule has 0 aliphatic carbocycles. The zero-order valence-corrected chi connectivity index (χ0v) is 21.4. The number of urea groups is 1. The maximum atomic E-state index is 12.9. The van der Waals surface area contributed by atoms with Gasteiger partial charge in [-0.25, -0.2) is 9.59 Å². The molecule has 2 aromatic carbocycles. The number of amides is 3. The quantitative estimate of drug-likeness (QED) is 0.195. The van der Waals surface area contributed by atoms with E-state index in [-0.39, 0.29) is 47.4 Å². The number of hydrogen-bond acceptors (Lipinski definition) is 6. The number of nitrogens with zero attached hydrogens (tertiary/aromatic N) is 2. The molecule has 2 aromatic heterocycles. The Morgan fingerprint density at radius 3 is 2.32 bits per heavy atom. The van der Waals surface area contributed by atoms with Gasteiger partial charge in [0, 0.05) is 11.8 Å². The lowest BCUT2D eigenvalue weighted by Crippen LogP contribution is -2.20. The molecule has 4 aromatic rings. The Kier molecular flexibility index (Phi) is 9.99. The number of alkyl halides is 3. The Morgan fingerprint density at radius 2 is 1.66 bits per heavy atom. The molecule has 0 bridgehead atoms. The molecule has 4 rings (SSSR count). The Hall–Kier alpha value is -3.94. The number of carbonyl (C=O) groups is 2. The molecule has 4 N–H and O–H groups in total. The number of fused-ring (bicyclic) bond motifs is 1. The van der Waals surface area contributed by atoms with Gasteiger partial charge in [-0.05, 0) is 48.5 Å². The summed E-state index contributed by atoms with van der Waals surface area (Å²) >= 11 is 5.89. The van der Waals surface area contributed by atoms with Crippen LogP contribution >= 0.6 is 36.4 Å². The molecule has 0 aliphatic rings. The van der Waals surface area contributed by atoms with E-state index >= 15 is 0 Å². The lowest BCUT2D eigenvalue weighted by molar-refractivity contribution is -0.137. The summed E-state index contributed by atoms with van der Waals surface area (Å²) in [4.78, 5) is 34.8. The number of ether oxygens (including phenoxy) is 2. The minimum atomic E-state index is -4.58. The Balaban J connectivity index is 0.00000253. The predicted molar refractivity (Wildman–Crippen MR) is 140 cm³/mol. The summed E-state index contributed by atoms with van der Waals surface area (Å²) in [5, 5.41) is 7.14. The zero-order chi connectivity index (χ0) is 25.9.